The van der Waals surface area contributed by atoms with Gasteiger partial charge in [0, 0.05) is 32.4 Å². The summed E-state index contributed by atoms with van der Waals surface area (Å²) >= 11 is 0. The molecular weight excluding hydrogens is 374 g/mol. The highest BCUT2D eigenvalue weighted by Gasteiger charge is 2.19. The average molecular weight is 395 g/mol. The quantitative estimate of drug-likeness (QED) is 0.715. The van der Waals surface area contributed by atoms with E-state index >= 15 is 0 Å². The second-order valence-corrected chi connectivity index (χ2v) is 8.17. The van der Waals surface area contributed by atoms with Crippen LogP contribution in [0, 0.1) is 0 Å². The predicted octanol–water partition coefficient (Wildman–Crippen LogP) is 2.60. The van der Waals surface area contributed by atoms with Crippen LogP contribution in [-0.2, 0) is 10.0 Å². The van der Waals surface area contributed by atoms with Gasteiger partial charge in [-0.25, -0.2) is 18.4 Å². The van der Waals surface area contributed by atoms with E-state index in [9.17, 15) is 8.42 Å². The van der Waals surface area contributed by atoms with Crippen LogP contribution in [0.2, 0.25) is 0 Å². The van der Waals surface area contributed by atoms with Crippen LogP contribution < -0.4 is 14.5 Å². The molecule has 0 unspecified atom stereocenters. The van der Waals surface area contributed by atoms with Gasteiger partial charge < -0.3 is 9.80 Å². The fourth-order valence-corrected chi connectivity index (χ4v) is 4.22. The van der Waals surface area contributed by atoms with Gasteiger partial charge in [0.15, 0.2) is 0 Å². The first-order valence-corrected chi connectivity index (χ1v) is 10.5. The lowest BCUT2D eigenvalue weighted by molar-refractivity contribution is 0.601. The Kier molecular flexibility index (Phi) is 5.12. The highest BCUT2D eigenvalue weighted by molar-refractivity contribution is 7.92. The molecule has 1 saturated heterocycles. The Morgan fingerprint density at radius 2 is 1.39 bits per heavy atom. The van der Waals surface area contributed by atoms with Gasteiger partial charge in [-0.2, -0.15) is 0 Å². The molecule has 0 bridgehead atoms. The van der Waals surface area contributed by atoms with E-state index in [1.165, 1.54) is 0 Å². The standard InChI is InChI=1S/C20H21N5O2S/c26-28(27,18-6-2-1-3-7-18)23-17-9-10-20(22-16-17)25-14-12-24(13-15-25)19-8-4-5-11-21-19/h1-11,16,23H,12-15H2. The van der Waals surface area contributed by atoms with Gasteiger partial charge in [0.2, 0.25) is 0 Å². The van der Waals surface area contributed by atoms with Crippen LogP contribution in [0.5, 0.6) is 0 Å². The maximum absolute atomic E-state index is 12.4. The third-order valence-electron chi connectivity index (χ3n) is 4.63. The van der Waals surface area contributed by atoms with Crippen LogP contribution in [0.3, 0.4) is 0 Å². The molecule has 1 aliphatic heterocycles. The minimum atomic E-state index is -3.61. The largest absolute Gasteiger partial charge is 0.353 e. The molecule has 1 aliphatic rings. The zero-order chi connectivity index (χ0) is 19.4. The monoisotopic (exact) mass is 395 g/mol. The van der Waals surface area contributed by atoms with Gasteiger partial charge in [-0.3, -0.25) is 4.72 Å². The average Bonchev–Trinajstić information content (AvgIpc) is 2.75. The maximum atomic E-state index is 12.4. The number of pyridine rings is 2. The summed E-state index contributed by atoms with van der Waals surface area (Å²) in [7, 11) is -3.61. The van der Waals surface area contributed by atoms with Crippen molar-refractivity contribution in [2.24, 2.45) is 0 Å². The fourth-order valence-electron chi connectivity index (χ4n) is 3.15. The van der Waals surface area contributed by atoms with Gasteiger partial charge in [-0.1, -0.05) is 24.3 Å². The van der Waals surface area contributed by atoms with E-state index in [4.69, 9.17) is 0 Å². The highest BCUT2D eigenvalue weighted by atomic mass is 32.2. The van der Waals surface area contributed by atoms with E-state index in [1.54, 1.807) is 48.8 Å². The van der Waals surface area contributed by atoms with Crippen molar-refractivity contribution >= 4 is 27.3 Å². The van der Waals surface area contributed by atoms with Crippen molar-refractivity contribution in [3.05, 3.63) is 73.1 Å². The molecule has 28 heavy (non-hydrogen) atoms. The SMILES string of the molecule is O=S(=O)(Nc1ccc(N2CCN(c3ccccn3)CC2)nc1)c1ccccc1. The Balaban J connectivity index is 1.39. The van der Waals surface area contributed by atoms with E-state index in [0.29, 0.717) is 5.69 Å². The molecule has 1 aromatic carbocycles. The molecular formula is C20H21N5O2S. The molecule has 3 heterocycles. The smallest absolute Gasteiger partial charge is 0.261 e. The summed E-state index contributed by atoms with van der Waals surface area (Å²) in [5, 5.41) is 0. The summed E-state index contributed by atoms with van der Waals surface area (Å²) in [5.74, 6) is 1.82. The van der Waals surface area contributed by atoms with Crippen LogP contribution in [-0.4, -0.2) is 44.6 Å². The van der Waals surface area contributed by atoms with Crippen molar-refractivity contribution in [2.45, 2.75) is 4.90 Å². The molecule has 3 aromatic rings. The predicted molar refractivity (Wildman–Crippen MR) is 110 cm³/mol. The lowest BCUT2D eigenvalue weighted by Gasteiger charge is -2.36. The van der Waals surface area contributed by atoms with Crippen LogP contribution in [0.4, 0.5) is 17.3 Å². The lowest BCUT2D eigenvalue weighted by atomic mass is 10.3. The molecule has 4 rings (SSSR count). The second-order valence-electron chi connectivity index (χ2n) is 6.49. The number of piperazine rings is 1. The van der Waals surface area contributed by atoms with Crippen LogP contribution in [0.25, 0.3) is 0 Å². The molecule has 0 spiro atoms. The molecule has 0 aliphatic carbocycles. The number of hydrogen-bond donors (Lipinski definition) is 1. The van der Waals surface area contributed by atoms with Gasteiger partial charge >= 0.3 is 0 Å². The first-order valence-electron chi connectivity index (χ1n) is 9.07. The third-order valence-corrected chi connectivity index (χ3v) is 6.03. The zero-order valence-electron chi connectivity index (χ0n) is 15.3. The van der Waals surface area contributed by atoms with Crippen LogP contribution >= 0.6 is 0 Å². The molecule has 0 saturated carbocycles. The fraction of sp³-hybridized carbons (Fsp3) is 0.200. The molecule has 1 N–H and O–H groups in total. The van der Waals surface area contributed by atoms with Crippen molar-refractivity contribution < 1.29 is 8.42 Å². The van der Waals surface area contributed by atoms with Gasteiger partial charge in [0.05, 0.1) is 16.8 Å². The lowest BCUT2D eigenvalue weighted by Crippen LogP contribution is -2.47. The molecule has 144 valence electrons. The van der Waals surface area contributed by atoms with Crippen LogP contribution in [0.1, 0.15) is 0 Å². The summed E-state index contributed by atoms with van der Waals surface area (Å²) in [6.45, 7) is 3.39. The van der Waals surface area contributed by atoms with E-state index in [-0.39, 0.29) is 4.90 Å². The third kappa shape index (κ3) is 4.07. The van der Waals surface area contributed by atoms with E-state index < -0.39 is 10.0 Å². The van der Waals surface area contributed by atoms with Crippen LogP contribution in [0.15, 0.2) is 78.0 Å². The molecule has 8 heteroatoms. The number of aromatic nitrogens is 2. The summed E-state index contributed by atoms with van der Waals surface area (Å²) in [6.07, 6.45) is 3.36. The number of hydrogen-bond acceptors (Lipinski definition) is 6. The summed E-state index contributed by atoms with van der Waals surface area (Å²) in [6, 6.07) is 17.8. The molecule has 0 atom stereocenters. The summed E-state index contributed by atoms with van der Waals surface area (Å²) in [5.41, 5.74) is 0.444. The Hall–Kier alpha value is -3.13. The van der Waals surface area contributed by atoms with Crippen molar-refractivity contribution in [2.75, 3.05) is 40.7 Å². The Morgan fingerprint density at radius 3 is 1.96 bits per heavy atom. The zero-order valence-corrected chi connectivity index (χ0v) is 16.1. The van der Waals surface area contributed by atoms with E-state index in [2.05, 4.69) is 24.5 Å². The molecule has 1 fully saturated rings. The van der Waals surface area contributed by atoms with Crippen molar-refractivity contribution in [3.63, 3.8) is 0 Å². The molecule has 0 radical (unpaired) electrons. The first kappa shape index (κ1) is 18.2. The van der Waals surface area contributed by atoms with Gasteiger partial charge in [-0.15, -0.1) is 0 Å². The van der Waals surface area contributed by atoms with Crippen molar-refractivity contribution in [1.29, 1.82) is 0 Å². The maximum Gasteiger partial charge on any atom is 0.261 e. The first-order chi connectivity index (χ1) is 13.6. The number of rotatable bonds is 5. The number of sulfonamides is 1. The Bertz CT molecular complexity index is 1000. The number of nitrogens with one attached hydrogen (secondary N) is 1. The van der Waals surface area contributed by atoms with E-state index in [1.807, 2.05) is 24.3 Å². The normalized spacial score (nSPS) is 14.7. The summed E-state index contributed by atoms with van der Waals surface area (Å²) < 4.78 is 27.4. The van der Waals surface area contributed by atoms with Gasteiger partial charge in [0.1, 0.15) is 11.6 Å². The number of anilines is 3. The van der Waals surface area contributed by atoms with Gasteiger partial charge in [-0.05, 0) is 36.4 Å². The molecule has 2 aromatic heterocycles. The second kappa shape index (κ2) is 7.85. The highest BCUT2D eigenvalue weighted by Crippen LogP contribution is 2.20. The minimum Gasteiger partial charge on any atom is -0.353 e. The summed E-state index contributed by atoms with van der Waals surface area (Å²) in [4.78, 5) is 13.5. The van der Waals surface area contributed by atoms with Gasteiger partial charge in [0.25, 0.3) is 10.0 Å². The van der Waals surface area contributed by atoms with Crippen molar-refractivity contribution in [1.82, 2.24) is 9.97 Å². The number of benzene rings is 1. The van der Waals surface area contributed by atoms with E-state index in [0.717, 1.165) is 37.8 Å². The van der Waals surface area contributed by atoms with Crippen molar-refractivity contribution in [3.8, 4) is 0 Å². The molecule has 0 amide bonds. The minimum absolute atomic E-state index is 0.227. The Labute approximate surface area is 164 Å². The molecule has 7 nitrogen and oxygen atoms in total. The number of nitrogens with zero attached hydrogens (tertiary/aromatic N) is 4. The topological polar surface area (TPSA) is 78.4 Å². The Morgan fingerprint density at radius 1 is 0.750 bits per heavy atom.